The molecule has 0 rings (SSSR count). The highest BCUT2D eigenvalue weighted by Gasteiger charge is 2.16. The molecule has 0 heterocycles. The first kappa shape index (κ1) is 45.6. The topological polar surface area (TPSA) is 72.8 Å². The summed E-state index contributed by atoms with van der Waals surface area (Å²) in [7, 11) is 0. The summed E-state index contributed by atoms with van der Waals surface area (Å²) in [5.74, 6) is -0.602. The smallest absolute Gasteiger partial charge is 0.306 e. The Kier molecular flexibility index (Phi) is 37.1. The minimum absolute atomic E-state index is 0.0686. The van der Waals surface area contributed by atoms with Crippen molar-refractivity contribution < 1.29 is 24.2 Å². The van der Waals surface area contributed by atoms with Gasteiger partial charge in [0, 0.05) is 12.8 Å². The van der Waals surface area contributed by atoms with Gasteiger partial charge in [-0.05, 0) is 57.8 Å². The van der Waals surface area contributed by atoms with Crippen molar-refractivity contribution in [2.75, 3.05) is 13.2 Å². The van der Waals surface area contributed by atoms with Crippen molar-refractivity contribution in [3.05, 3.63) is 60.8 Å². The van der Waals surface area contributed by atoms with Crippen LogP contribution in [0.25, 0.3) is 0 Å². The zero-order valence-electron chi connectivity index (χ0n) is 31.2. The molecule has 1 unspecified atom stereocenters. The summed E-state index contributed by atoms with van der Waals surface area (Å²) >= 11 is 0. The fourth-order valence-electron chi connectivity index (χ4n) is 5.34. The van der Waals surface area contributed by atoms with Crippen molar-refractivity contribution in [2.24, 2.45) is 0 Å². The third-order valence-electron chi connectivity index (χ3n) is 8.33. The number of ether oxygens (including phenoxy) is 2. The van der Waals surface area contributed by atoms with Gasteiger partial charge in [0.1, 0.15) is 6.61 Å². The molecule has 0 radical (unpaired) electrons. The summed E-state index contributed by atoms with van der Waals surface area (Å²) in [6.45, 7) is 3.99. The molecule has 0 aromatic rings. The number of hydrogen-bond donors (Lipinski definition) is 1. The zero-order chi connectivity index (χ0) is 35.0. The normalized spacial score (nSPS) is 12.8. The van der Waals surface area contributed by atoms with Crippen LogP contribution in [0.1, 0.15) is 181 Å². The van der Waals surface area contributed by atoms with Crippen LogP contribution in [0.3, 0.4) is 0 Å². The van der Waals surface area contributed by atoms with Crippen molar-refractivity contribution in [1.29, 1.82) is 0 Å². The van der Waals surface area contributed by atoms with Crippen LogP contribution in [0.5, 0.6) is 0 Å². The minimum Gasteiger partial charge on any atom is -0.462 e. The molecule has 0 aliphatic rings. The molecule has 1 N–H and O–H groups in total. The van der Waals surface area contributed by atoms with Crippen LogP contribution in [-0.4, -0.2) is 36.4 Å². The van der Waals surface area contributed by atoms with Gasteiger partial charge in [0.05, 0.1) is 6.61 Å². The van der Waals surface area contributed by atoms with Gasteiger partial charge in [-0.25, -0.2) is 0 Å². The van der Waals surface area contributed by atoms with Gasteiger partial charge < -0.3 is 14.6 Å². The lowest BCUT2D eigenvalue weighted by atomic mass is 10.1. The van der Waals surface area contributed by atoms with E-state index in [2.05, 4.69) is 74.6 Å². The largest absolute Gasteiger partial charge is 0.462 e. The Morgan fingerprint density at radius 3 is 1.35 bits per heavy atom. The molecule has 276 valence electrons. The van der Waals surface area contributed by atoms with E-state index in [0.717, 1.165) is 70.6 Å². The van der Waals surface area contributed by atoms with Gasteiger partial charge in [-0.15, -0.1) is 0 Å². The number of esters is 2. The molecule has 5 nitrogen and oxygen atoms in total. The summed E-state index contributed by atoms with van der Waals surface area (Å²) in [5.41, 5.74) is 0. The predicted octanol–water partition coefficient (Wildman–Crippen LogP) is 12.4. The second-order valence-corrected chi connectivity index (χ2v) is 13.0. The number of aliphatic hydroxyl groups excluding tert-OH is 1. The number of rotatable bonds is 35. The highest BCUT2D eigenvalue weighted by Crippen LogP contribution is 2.13. The summed E-state index contributed by atoms with van der Waals surface area (Å²) in [6, 6.07) is 0. The third-order valence-corrected chi connectivity index (χ3v) is 8.33. The first-order valence-corrected chi connectivity index (χ1v) is 19.8. The van der Waals surface area contributed by atoms with Crippen LogP contribution in [0, 0.1) is 0 Å². The molecule has 0 aliphatic carbocycles. The summed E-state index contributed by atoms with van der Waals surface area (Å²) in [6.07, 6.45) is 50.0. The Morgan fingerprint density at radius 2 is 0.896 bits per heavy atom. The molecule has 0 aromatic heterocycles. The molecule has 0 saturated carbocycles. The first-order chi connectivity index (χ1) is 23.6. The standard InChI is InChI=1S/C43H74O5/c1-3-5-7-9-11-13-14-15-16-17-18-19-20-21-22-23-24-25-26-27-28-30-32-34-36-38-43(46)48-41(39-44)40-47-42(45)37-35-33-31-29-12-10-8-6-4-2/h5,7,11,13,15-16,18-19,21-22,41,44H,3-4,6,8-10,12,14,17,20,23-40H2,1-2H3/b7-5-,13-11-,16-15-,19-18-,22-21-. The van der Waals surface area contributed by atoms with Crippen molar-refractivity contribution in [3.63, 3.8) is 0 Å². The Morgan fingerprint density at radius 1 is 0.500 bits per heavy atom. The quantitative estimate of drug-likeness (QED) is 0.0413. The fourth-order valence-corrected chi connectivity index (χ4v) is 5.34. The van der Waals surface area contributed by atoms with Crippen LogP contribution >= 0.6 is 0 Å². The van der Waals surface area contributed by atoms with Gasteiger partial charge in [0.2, 0.25) is 0 Å². The Labute approximate surface area is 296 Å². The number of hydrogen-bond acceptors (Lipinski definition) is 5. The Bertz CT molecular complexity index is 853. The van der Waals surface area contributed by atoms with E-state index in [1.165, 1.54) is 83.5 Å². The van der Waals surface area contributed by atoms with E-state index in [9.17, 15) is 14.7 Å². The fraction of sp³-hybridized carbons (Fsp3) is 0.721. The van der Waals surface area contributed by atoms with Crippen LogP contribution < -0.4 is 0 Å². The van der Waals surface area contributed by atoms with Crippen LogP contribution in [0.4, 0.5) is 0 Å². The van der Waals surface area contributed by atoms with E-state index in [1.807, 2.05) is 0 Å². The zero-order valence-corrected chi connectivity index (χ0v) is 31.2. The third kappa shape index (κ3) is 36.4. The van der Waals surface area contributed by atoms with Gasteiger partial charge in [-0.2, -0.15) is 0 Å². The highest BCUT2D eigenvalue weighted by molar-refractivity contribution is 5.70. The van der Waals surface area contributed by atoms with E-state index in [0.29, 0.717) is 12.8 Å². The molecule has 0 amide bonds. The average Bonchev–Trinajstić information content (AvgIpc) is 3.09. The first-order valence-electron chi connectivity index (χ1n) is 19.8. The Balaban J connectivity index is 3.56. The van der Waals surface area contributed by atoms with E-state index in [4.69, 9.17) is 9.47 Å². The summed E-state index contributed by atoms with van der Waals surface area (Å²) in [4.78, 5) is 24.2. The van der Waals surface area contributed by atoms with Gasteiger partial charge in [0.15, 0.2) is 6.10 Å². The lowest BCUT2D eigenvalue weighted by Gasteiger charge is -2.15. The SMILES string of the molecule is CC/C=C\C/C=C\C/C=C\C/C=C\C/C=C\CCCCCCCCCCCC(=O)OC(CO)COC(=O)CCCCCCCCCCC. The van der Waals surface area contributed by atoms with Gasteiger partial charge in [-0.1, -0.05) is 171 Å². The summed E-state index contributed by atoms with van der Waals surface area (Å²) in [5, 5.41) is 9.53. The molecule has 0 saturated heterocycles. The predicted molar refractivity (Wildman–Crippen MR) is 205 cm³/mol. The molecular weight excluding hydrogens is 596 g/mol. The van der Waals surface area contributed by atoms with Gasteiger partial charge in [0.25, 0.3) is 0 Å². The van der Waals surface area contributed by atoms with Crippen LogP contribution in [-0.2, 0) is 19.1 Å². The highest BCUT2D eigenvalue weighted by atomic mass is 16.6. The maximum Gasteiger partial charge on any atom is 0.306 e. The molecule has 1 atom stereocenters. The van der Waals surface area contributed by atoms with Crippen molar-refractivity contribution in [2.45, 2.75) is 187 Å². The molecule has 0 spiro atoms. The molecule has 48 heavy (non-hydrogen) atoms. The molecule has 0 fully saturated rings. The second-order valence-electron chi connectivity index (χ2n) is 13.0. The number of aliphatic hydroxyl groups is 1. The molecule has 0 bridgehead atoms. The lowest BCUT2D eigenvalue weighted by Crippen LogP contribution is -2.28. The molecular formula is C43H74O5. The number of unbranched alkanes of at least 4 members (excludes halogenated alkanes) is 17. The number of carbonyl (C=O) groups is 2. The summed E-state index contributed by atoms with van der Waals surface area (Å²) < 4.78 is 10.6. The van der Waals surface area contributed by atoms with Gasteiger partial charge in [-0.3, -0.25) is 9.59 Å². The van der Waals surface area contributed by atoms with Crippen LogP contribution in [0.2, 0.25) is 0 Å². The number of carbonyl (C=O) groups excluding carboxylic acids is 2. The monoisotopic (exact) mass is 671 g/mol. The average molecular weight is 671 g/mol. The molecule has 5 heteroatoms. The van der Waals surface area contributed by atoms with Crippen molar-refractivity contribution in [3.8, 4) is 0 Å². The van der Waals surface area contributed by atoms with Crippen molar-refractivity contribution >= 4 is 11.9 Å². The molecule has 0 aromatic carbocycles. The van der Waals surface area contributed by atoms with E-state index < -0.39 is 6.10 Å². The number of allylic oxidation sites excluding steroid dienone is 10. The van der Waals surface area contributed by atoms with Crippen molar-refractivity contribution in [1.82, 2.24) is 0 Å². The van der Waals surface area contributed by atoms with E-state index >= 15 is 0 Å². The molecule has 0 aliphatic heterocycles. The van der Waals surface area contributed by atoms with Crippen LogP contribution in [0.15, 0.2) is 60.8 Å². The maximum atomic E-state index is 12.2. The Hall–Kier alpha value is -2.40. The van der Waals surface area contributed by atoms with Gasteiger partial charge >= 0.3 is 11.9 Å². The lowest BCUT2D eigenvalue weighted by molar-refractivity contribution is -0.161. The minimum atomic E-state index is -0.773. The maximum absolute atomic E-state index is 12.2. The van der Waals surface area contributed by atoms with E-state index in [-0.39, 0.29) is 25.2 Å². The van der Waals surface area contributed by atoms with E-state index in [1.54, 1.807) is 0 Å². The second kappa shape index (κ2) is 39.0.